The summed E-state index contributed by atoms with van der Waals surface area (Å²) in [5.41, 5.74) is 2.51. The zero-order valence-corrected chi connectivity index (χ0v) is 12.2. The zero-order valence-electron chi connectivity index (χ0n) is 12.2. The largest absolute Gasteiger partial charge is 0.478 e. The van der Waals surface area contributed by atoms with Crippen LogP contribution in [0.4, 0.5) is 11.6 Å². The standard InChI is InChI=1S/C16H13N3O4/c1-23-15(22)10-3-2-4-11(7-10)17-16-18-12-6-5-9(14(20)21)8-13(12)19-16/h2-8H,1H3,(H,20,21)(H2,17,18,19). The number of nitrogens with one attached hydrogen (secondary N) is 2. The van der Waals surface area contributed by atoms with E-state index in [1.807, 2.05) is 0 Å². The maximum absolute atomic E-state index is 11.5. The van der Waals surface area contributed by atoms with E-state index in [1.54, 1.807) is 30.3 Å². The molecule has 0 saturated heterocycles. The second-order valence-corrected chi connectivity index (χ2v) is 4.82. The first-order chi connectivity index (χ1) is 11.1. The molecule has 7 nitrogen and oxygen atoms in total. The van der Waals surface area contributed by atoms with Crippen molar-refractivity contribution in [2.45, 2.75) is 0 Å². The summed E-state index contributed by atoms with van der Waals surface area (Å²) >= 11 is 0. The van der Waals surface area contributed by atoms with Crippen LogP contribution in [0.2, 0.25) is 0 Å². The highest BCUT2D eigenvalue weighted by molar-refractivity contribution is 5.93. The summed E-state index contributed by atoms with van der Waals surface area (Å²) in [5, 5.41) is 12.0. The van der Waals surface area contributed by atoms with E-state index in [4.69, 9.17) is 5.11 Å². The van der Waals surface area contributed by atoms with Gasteiger partial charge in [-0.15, -0.1) is 0 Å². The maximum atomic E-state index is 11.5. The predicted molar refractivity (Wildman–Crippen MR) is 84.1 cm³/mol. The van der Waals surface area contributed by atoms with E-state index in [0.717, 1.165) is 0 Å². The third kappa shape index (κ3) is 2.98. The van der Waals surface area contributed by atoms with Crippen LogP contribution >= 0.6 is 0 Å². The number of aromatic amines is 1. The fourth-order valence-electron chi connectivity index (χ4n) is 2.18. The van der Waals surface area contributed by atoms with Crippen molar-refractivity contribution in [3.63, 3.8) is 0 Å². The van der Waals surface area contributed by atoms with E-state index in [0.29, 0.717) is 28.2 Å². The number of aromatic carboxylic acids is 1. The van der Waals surface area contributed by atoms with E-state index in [1.165, 1.54) is 19.2 Å². The second kappa shape index (κ2) is 5.80. The van der Waals surface area contributed by atoms with Crippen LogP contribution in [0.5, 0.6) is 0 Å². The van der Waals surface area contributed by atoms with Gasteiger partial charge in [-0.1, -0.05) is 6.07 Å². The quantitative estimate of drug-likeness (QED) is 0.640. The third-order valence-electron chi connectivity index (χ3n) is 3.28. The molecule has 7 heteroatoms. The smallest absolute Gasteiger partial charge is 0.337 e. The molecule has 0 aliphatic heterocycles. The summed E-state index contributed by atoms with van der Waals surface area (Å²) in [6.45, 7) is 0. The lowest BCUT2D eigenvalue weighted by Crippen LogP contribution is -2.02. The molecule has 0 unspecified atom stereocenters. The van der Waals surface area contributed by atoms with Crippen molar-refractivity contribution >= 4 is 34.6 Å². The van der Waals surface area contributed by atoms with Crippen LogP contribution in [0, 0.1) is 0 Å². The number of ether oxygens (including phenoxy) is 1. The summed E-state index contributed by atoms with van der Waals surface area (Å²) in [6, 6.07) is 11.4. The van der Waals surface area contributed by atoms with Gasteiger partial charge in [-0.25, -0.2) is 14.6 Å². The average molecular weight is 311 g/mol. The lowest BCUT2D eigenvalue weighted by molar-refractivity contribution is 0.0600. The van der Waals surface area contributed by atoms with Crippen LogP contribution in [0.15, 0.2) is 42.5 Å². The van der Waals surface area contributed by atoms with Crippen molar-refractivity contribution in [3.05, 3.63) is 53.6 Å². The number of hydrogen-bond acceptors (Lipinski definition) is 5. The Kier molecular flexibility index (Phi) is 3.68. The summed E-state index contributed by atoms with van der Waals surface area (Å²) in [6.07, 6.45) is 0. The van der Waals surface area contributed by atoms with Crippen molar-refractivity contribution in [3.8, 4) is 0 Å². The van der Waals surface area contributed by atoms with E-state index in [2.05, 4.69) is 20.0 Å². The highest BCUT2D eigenvalue weighted by Gasteiger charge is 2.09. The molecular formula is C16H13N3O4. The molecule has 0 aliphatic carbocycles. The number of fused-ring (bicyclic) bond motifs is 1. The number of aromatic nitrogens is 2. The fourth-order valence-corrected chi connectivity index (χ4v) is 2.18. The number of carbonyl (C=O) groups excluding carboxylic acids is 1. The van der Waals surface area contributed by atoms with Crippen molar-refractivity contribution in [2.24, 2.45) is 0 Å². The van der Waals surface area contributed by atoms with Crippen LogP contribution < -0.4 is 5.32 Å². The van der Waals surface area contributed by atoms with Crippen molar-refractivity contribution in [1.29, 1.82) is 0 Å². The minimum Gasteiger partial charge on any atom is -0.478 e. The van der Waals surface area contributed by atoms with Crippen LogP contribution in [0.25, 0.3) is 11.0 Å². The Hall–Kier alpha value is -3.35. The van der Waals surface area contributed by atoms with Gasteiger partial charge in [-0.3, -0.25) is 0 Å². The molecule has 0 saturated carbocycles. The lowest BCUT2D eigenvalue weighted by Gasteiger charge is -2.04. The molecule has 0 radical (unpaired) electrons. The first-order valence-electron chi connectivity index (χ1n) is 6.75. The summed E-state index contributed by atoms with van der Waals surface area (Å²) in [7, 11) is 1.32. The number of anilines is 2. The van der Waals surface area contributed by atoms with Gasteiger partial charge in [-0.2, -0.15) is 0 Å². The normalized spacial score (nSPS) is 10.5. The number of carbonyl (C=O) groups is 2. The number of esters is 1. The number of nitrogens with zero attached hydrogens (tertiary/aromatic N) is 1. The van der Waals surface area contributed by atoms with Gasteiger partial charge in [0.2, 0.25) is 5.95 Å². The van der Waals surface area contributed by atoms with Gasteiger partial charge >= 0.3 is 11.9 Å². The monoisotopic (exact) mass is 311 g/mol. The van der Waals surface area contributed by atoms with E-state index < -0.39 is 11.9 Å². The van der Waals surface area contributed by atoms with Gasteiger partial charge in [0.15, 0.2) is 0 Å². The number of methoxy groups -OCH3 is 1. The van der Waals surface area contributed by atoms with E-state index >= 15 is 0 Å². The summed E-state index contributed by atoms with van der Waals surface area (Å²) in [4.78, 5) is 29.8. The summed E-state index contributed by atoms with van der Waals surface area (Å²) < 4.78 is 4.68. The minimum atomic E-state index is -0.998. The number of hydrogen-bond donors (Lipinski definition) is 3. The molecule has 0 bridgehead atoms. The van der Waals surface area contributed by atoms with Gasteiger partial charge in [0.25, 0.3) is 0 Å². The number of carboxylic acid groups (broad SMARTS) is 1. The maximum Gasteiger partial charge on any atom is 0.337 e. The van der Waals surface area contributed by atoms with E-state index in [9.17, 15) is 9.59 Å². The highest BCUT2D eigenvalue weighted by atomic mass is 16.5. The van der Waals surface area contributed by atoms with Crippen molar-refractivity contribution < 1.29 is 19.4 Å². The SMILES string of the molecule is COC(=O)c1cccc(Nc2nc3ccc(C(=O)O)cc3[nH]2)c1. The molecule has 23 heavy (non-hydrogen) atoms. The molecule has 0 fully saturated rings. The molecule has 1 aromatic heterocycles. The summed E-state index contributed by atoms with van der Waals surface area (Å²) in [5.74, 6) is -0.976. The van der Waals surface area contributed by atoms with Crippen LogP contribution in [0.3, 0.4) is 0 Å². The number of carboxylic acids is 1. The Morgan fingerprint density at radius 3 is 2.74 bits per heavy atom. The van der Waals surface area contributed by atoms with Crippen LogP contribution in [0.1, 0.15) is 20.7 Å². The lowest BCUT2D eigenvalue weighted by atomic mass is 10.2. The highest BCUT2D eigenvalue weighted by Crippen LogP contribution is 2.20. The number of H-pyrrole nitrogens is 1. The third-order valence-corrected chi connectivity index (χ3v) is 3.28. The number of rotatable bonds is 4. The zero-order chi connectivity index (χ0) is 16.4. The fraction of sp³-hybridized carbons (Fsp3) is 0.0625. The minimum absolute atomic E-state index is 0.181. The predicted octanol–water partition coefficient (Wildman–Crippen LogP) is 2.79. The van der Waals surface area contributed by atoms with Gasteiger partial charge in [0.1, 0.15) is 0 Å². The molecule has 0 aliphatic rings. The second-order valence-electron chi connectivity index (χ2n) is 4.82. The average Bonchev–Trinajstić information content (AvgIpc) is 2.95. The molecule has 0 amide bonds. The first kappa shape index (κ1) is 14.6. The van der Waals surface area contributed by atoms with Gasteiger partial charge in [0, 0.05) is 5.69 Å². The molecule has 116 valence electrons. The molecule has 3 rings (SSSR count). The molecule has 3 aromatic rings. The van der Waals surface area contributed by atoms with Crippen molar-refractivity contribution in [2.75, 3.05) is 12.4 Å². The Morgan fingerprint density at radius 1 is 1.17 bits per heavy atom. The van der Waals surface area contributed by atoms with Gasteiger partial charge in [0.05, 0.1) is 29.3 Å². The molecule has 3 N–H and O–H groups in total. The molecule has 0 spiro atoms. The topological polar surface area (TPSA) is 104 Å². The Labute approximate surface area is 130 Å². The van der Waals surface area contributed by atoms with Gasteiger partial charge < -0.3 is 20.1 Å². The number of imidazole rings is 1. The number of benzene rings is 2. The van der Waals surface area contributed by atoms with Crippen LogP contribution in [-0.2, 0) is 4.74 Å². The van der Waals surface area contributed by atoms with Crippen LogP contribution in [-0.4, -0.2) is 34.1 Å². The molecular weight excluding hydrogens is 298 g/mol. The molecule has 0 atom stereocenters. The first-order valence-corrected chi connectivity index (χ1v) is 6.75. The van der Waals surface area contributed by atoms with Crippen molar-refractivity contribution in [1.82, 2.24) is 9.97 Å². The molecule has 2 aromatic carbocycles. The Morgan fingerprint density at radius 2 is 2.00 bits per heavy atom. The van der Waals surface area contributed by atoms with Gasteiger partial charge in [-0.05, 0) is 36.4 Å². The van der Waals surface area contributed by atoms with E-state index in [-0.39, 0.29) is 5.56 Å². The molecule has 1 heterocycles. The Bertz CT molecular complexity index is 901. The Balaban J connectivity index is 1.89.